The topological polar surface area (TPSA) is 127 Å². The molecule has 1 fully saturated rings. The Morgan fingerprint density at radius 1 is 1.14 bits per heavy atom. The monoisotopic (exact) mass is 489 g/mol. The van der Waals surface area contributed by atoms with Crippen molar-refractivity contribution in [3.63, 3.8) is 0 Å². The molecular weight excluding hydrogens is 460 g/mol. The molecule has 1 amide bonds. The number of H-pyrrole nitrogens is 1. The van der Waals surface area contributed by atoms with E-state index in [1.165, 1.54) is 0 Å². The lowest BCUT2D eigenvalue weighted by molar-refractivity contribution is 0.0139. The lowest BCUT2D eigenvalue weighted by Gasteiger charge is -2.35. The van der Waals surface area contributed by atoms with E-state index in [-0.39, 0.29) is 6.09 Å². The Bertz CT molecular complexity index is 1370. The van der Waals surface area contributed by atoms with Gasteiger partial charge in [-0.2, -0.15) is 4.98 Å². The van der Waals surface area contributed by atoms with Gasteiger partial charge in [-0.25, -0.2) is 4.79 Å². The van der Waals surface area contributed by atoms with Crippen LogP contribution in [0.15, 0.2) is 41.1 Å². The smallest absolute Gasteiger partial charge is 0.410 e. The number of carbonyl (C=O) groups is 1. The van der Waals surface area contributed by atoms with Crippen LogP contribution >= 0.6 is 0 Å². The highest BCUT2D eigenvalue weighted by Gasteiger charge is 2.25. The number of piperazine rings is 1. The van der Waals surface area contributed by atoms with Crippen molar-refractivity contribution in [2.75, 3.05) is 26.2 Å². The van der Waals surface area contributed by atoms with Gasteiger partial charge in [0.1, 0.15) is 5.60 Å². The first kappa shape index (κ1) is 23.7. The molecule has 1 aliphatic rings. The number of imidazole rings is 1. The van der Waals surface area contributed by atoms with E-state index in [0.29, 0.717) is 36.6 Å². The summed E-state index contributed by atoms with van der Waals surface area (Å²) in [6, 6.07) is 9.63. The van der Waals surface area contributed by atoms with Crippen LogP contribution in [-0.4, -0.2) is 72.8 Å². The molecule has 3 aromatic heterocycles. The summed E-state index contributed by atoms with van der Waals surface area (Å²) in [4.78, 5) is 32.8. The van der Waals surface area contributed by atoms with Crippen molar-refractivity contribution < 1.29 is 14.1 Å². The predicted molar refractivity (Wildman–Crippen MR) is 134 cm³/mol. The molecule has 1 saturated heterocycles. The highest BCUT2D eigenvalue weighted by Crippen LogP contribution is 2.30. The van der Waals surface area contributed by atoms with Gasteiger partial charge in [0, 0.05) is 55.1 Å². The van der Waals surface area contributed by atoms with Crippen LogP contribution in [0.1, 0.15) is 32.2 Å². The average Bonchev–Trinajstić information content (AvgIpc) is 3.43. The molecule has 1 aliphatic heterocycles. The number of ether oxygens (including phenoxy) is 1. The van der Waals surface area contributed by atoms with Gasteiger partial charge in [0.2, 0.25) is 0 Å². The van der Waals surface area contributed by atoms with Crippen LogP contribution in [0, 0.1) is 6.92 Å². The van der Waals surface area contributed by atoms with Crippen LogP contribution in [0.2, 0.25) is 0 Å². The van der Waals surface area contributed by atoms with Crippen LogP contribution in [0.5, 0.6) is 0 Å². The average molecular weight is 490 g/mol. The summed E-state index contributed by atoms with van der Waals surface area (Å²) in [5, 5.41) is 8.43. The molecule has 5 rings (SSSR count). The summed E-state index contributed by atoms with van der Waals surface area (Å²) in [5.41, 5.74) is 3.03. The second kappa shape index (κ2) is 9.57. The normalized spacial score (nSPS) is 14.8. The number of hydrogen-bond acceptors (Lipinski definition) is 8. The third-order valence-corrected chi connectivity index (χ3v) is 5.70. The van der Waals surface area contributed by atoms with E-state index in [2.05, 4.69) is 35.3 Å². The third kappa shape index (κ3) is 5.62. The first-order chi connectivity index (χ1) is 17.2. The number of amides is 1. The molecule has 1 N–H and O–H groups in total. The largest absolute Gasteiger partial charge is 0.444 e. The van der Waals surface area contributed by atoms with E-state index in [4.69, 9.17) is 9.26 Å². The lowest BCUT2D eigenvalue weighted by Crippen LogP contribution is -2.49. The van der Waals surface area contributed by atoms with Crippen molar-refractivity contribution in [1.29, 1.82) is 0 Å². The van der Waals surface area contributed by atoms with Gasteiger partial charge in [-0.15, -0.1) is 0 Å². The first-order valence-electron chi connectivity index (χ1n) is 11.9. The number of carbonyl (C=O) groups excluding carboxylic acids is 1. The Morgan fingerprint density at radius 2 is 1.94 bits per heavy atom. The third-order valence-electron chi connectivity index (χ3n) is 5.70. The quantitative estimate of drug-likeness (QED) is 0.427. The molecule has 0 unspecified atom stereocenters. The van der Waals surface area contributed by atoms with Gasteiger partial charge in [0.05, 0.1) is 5.95 Å². The van der Waals surface area contributed by atoms with Crippen molar-refractivity contribution in [3.8, 4) is 11.5 Å². The molecule has 0 bridgehead atoms. The number of nitrogens with one attached hydrogen (secondary N) is 1. The molecule has 0 radical (unpaired) electrons. The van der Waals surface area contributed by atoms with Gasteiger partial charge in [-0.05, 0) is 63.7 Å². The van der Waals surface area contributed by atoms with Gasteiger partial charge in [0.25, 0.3) is 5.89 Å². The van der Waals surface area contributed by atoms with Crippen LogP contribution in [0.4, 0.5) is 16.6 Å². The number of rotatable bonds is 5. The van der Waals surface area contributed by atoms with Crippen LogP contribution in [-0.2, 0) is 11.3 Å². The van der Waals surface area contributed by atoms with Crippen LogP contribution in [0.25, 0.3) is 27.8 Å². The minimum atomic E-state index is -0.486. The summed E-state index contributed by atoms with van der Waals surface area (Å²) in [7, 11) is 0. The van der Waals surface area contributed by atoms with Crippen molar-refractivity contribution in [2.45, 2.75) is 39.8 Å². The SMILES string of the molecule is Cc1noc(-c2ccc3nc([N-]c4cc(CN5CCN(C(=O)OC(C)(C)C)CC5)ccn4)[nH]c3c2)n1. The predicted octanol–water partition coefficient (Wildman–Crippen LogP) is 4.71. The fourth-order valence-electron chi connectivity index (χ4n) is 4.00. The highest BCUT2D eigenvalue weighted by atomic mass is 16.6. The summed E-state index contributed by atoms with van der Waals surface area (Å²) >= 11 is 0. The molecule has 0 atom stereocenters. The number of aromatic nitrogens is 5. The van der Waals surface area contributed by atoms with Crippen molar-refractivity contribution in [3.05, 3.63) is 53.2 Å². The maximum atomic E-state index is 12.3. The number of pyridine rings is 1. The molecule has 0 saturated carbocycles. The van der Waals surface area contributed by atoms with E-state index >= 15 is 0 Å². The van der Waals surface area contributed by atoms with Crippen LogP contribution in [0.3, 0.4) is 0 Å². The van der Waals surface area contributed by atoms with E-state index in [9.17, 15) is 4.79 Å². The number of hydrogen-bond donors (Lipinski definition) is 1. The summed E-state index contributed by atoms with van der Waals surface area (Å²) in [5.74, 6) is 2.09. The Morgan fingerprint density at radius 3 is 2.67 bits per heavy atom. The minimum absolute atomic E-state index is 0.252. The van der Waals surface area contributed by atoms with Gasteiger partial charge >= 0.3 is 6.09 Å². The van der Waals surface area contributed by atoms with Gasteiger partial charge < -0.3 is 34.4 Å². The summed E-state index contributed by atoms with van der Waals surface area (Å²) in [6.45, 7) is 11.0. The first-order valence-corrected chi connectivity index (χ1v) is 11.9. The number of fused-ring (bicyclic) bond motifs is 1. The Kier molecular flexibility index (Phi) is 6.31. The van der Waals surface area contributed by atoms with E-state index in [1.54, 1.807) is 18.0 Å². The molecule has 36 heavy (non-hydrogen) atoms. The van der Waals surface area contributed by atoms with Gasteiger partial charge in [0.15, 0.2) is 5.82 Å². The van der Waals surface area contributed by atoms with Gasteiger partial charge in [-0.3, -0.25) is 4.90 Å². The summed E-state index contributed by atoms with van der Waals surface area (Å²) < 4.78 is 10.7. The van der Waals surface area contributed by atoms with E-state index in [0.717, 1.165) is 41.8 Å². The molecule has 4 heterocycles. The van der Waals surface area contributed by atoms with Crippen molar-refractivity contribution in [2.24, 2.45) is 0 Å². The molecular formula is C25H29N8O3-. The maximum absolute atomic E-state index is 12.3. The molecule has 0 spiro atoms. The Labute approximate surface area is 208 Å². The molecule has 11 nitrogen and oxygen atoms in total. The zero-order valence-electron chi connectivity index (χ0n) is 20.9. The molecule has 0 aliphatic carbocycles. The molecule has 1 aromatic carbocycles. The fraction of sp³-hybridized carbons (Fsp3) is 0.400. The van der Waals surface area contributed by atoms with E-state index in [1.807, 2.05) is 51.1 Å². The van der Waals surface area contributed by atoms with Crippen molar-refractivity contribution >= 4 is 28.9 Å². The fourth-order valence-corrected chi connectivity index (χ4v) is 4.00. The number of aryl methyl sites for hydroxylation is 1. The zero-order chi connectivity index (χ0) is 25.3. The Hall–Kier alpha value is -3.99. The Balaban J connectivity index is 1.20. The summed E-state index contributed by atoms with van der Waals surface area (Å²) in [6.07, 6.45) is 1.50. The number of nitrogens with zero attached hydrogens (tertiary/aromatic N) is 7. The standard InChI is InChI=1S/C25H29N8O3/c1-16-27-22(36-31-16)18-5-6-19-20(14-18)29-23(28-19)30-21-13-17(7-8-26-21)15-32-9-11-33(12-10-32)24(34)35-25(2,3)4/h5-8,13-14H,9-12,15H2,1-4H3,(H-,26,27,28,29,30,31)/q-1. The van der Waals surface area contributed by atoms with Crippen molar-refractivity contribution in [1.82, 2.24) is 34.9 Å². The lowest BCUT2D eigenvalue weighted by atomic mass is 10.2. The van der Waals surface area contributed by atoms with E-state index < -0.39 is 5.60 Å². The second-order valence-corrected chi connectivity index (χ2v) is 9.82. The van der Waals surface area contributed by atoms with Crippen LogP contribution < -0.4 is 0 Å². The number of aromatic amines is 1. The second-order valence-electron chi connectivity index (χ2n) is 9.82. The van der Waals surface area contributed by atoms with Gasteiger partial charge in [-0.1, -0.05) is 11.2 Å². The maximum Gasteiger partial charge on any atom is 0.410 e. The molecule has 188 valence electrons. The number of benzene rings is 1. The molecule has 11 heteroatoms. The molecule has 4 aromatic rings. The minimum Gasteiger partial charge on any atom is -0.444 e. The zero-order valence-corrected chi connectivity index (χ0v) is 20.9. The highest BCUT2D eigenvalue weighted by molar-refractivity contribution is 5.83.